The van der Waals surface area contributed by atoms with Crippen LogP contribution in [-0.2, 0) is 4.57 Å². The maximum absolute atomic E-state index is 11.8. The molecule has 12 heavy (non-hydrogen) atoms. The summed E-state index contributed by atoms with van der Waals surface area (Å²) in [5.41, 5.74) is 0. The van der Waals surface area contributed by atoms with Crippen LogP contribution in [0.15, 0.2) is 0 Å². The molecule has 0 unspecified atom stereocenters. The average molecular weight is 194 g/mol. The monoisotopic (exact) mass is 194 g/mol. The third-order valence-electron chi connectivity index (χ3n) is 2.35. The summed E-state index contributed by atoms with van der Waals surface area (Å²) in [4.78, 5) is 0. The van der Waals surface area contributed by atoms with Crippen LogP contribution in [0, 0.1) is 0 Å². The lowest BCUT2D eigenvalue weighted by molar-refractivity contribution is 0.459. The average Bonchev–Trinajstić information content (AvgIpc) is 2.12. The topological polar surface area (TPSA) is 17.1 Å². The zero-order valence-electron chi connectivity index (χ0n) is 8.18. The highest BCUT2D eigenvalue weighted by molar-refractivity contribution is 7.63. The molecule has 0 fully saturated rings. The summed E-state index contributed by atoms with van der Waals surface area (Å²) >= 11 is 0. The molecule has 0 aromatic carbocycles. The lowest BCUT2D eigenvalue weighted by Crippen LogP contribution is -1.96. The molecule has 0 aliphatic carbocycles. The number of halogens is 1. The second-order valence-corrected chi connectivity index (χ2v) is 6.99. The summed E-state index contributed by atoms with van der Waals surface area (Å²) in [6.07, 6.45) is 4.88. The van der Waals surface area contributed by atoms with E-state index in [2.05, 4.69) is 0 Å². The number of alkyl halides is 1. The Hall–Kier alpha value is 0.160. The standard InChI is InChI=1S/C9H20FOP/c1-3-12(11,4-2)9-7-5-6-8-10/h3-9H2,1-2H3. The van der Waals surface area contributed by atoms with Crippen molar-refractivity contribution in [1.82, 2.24) is 0 Å². The van der Waals surface area contributed by atoms with Crippen LogP contribution in [0.5, 0.6) is 0 Å². The molecule has 0 spiro atoms. The maximum atomic E-state index is 11.8. The van der Waals surface area contributed by atoms with Crippen LogP contribution in [-0.4, -0.2) is 25.2 Å². The van der Waals surface area contributed by atoms with Gasteiger partial charge in [0, 0.05) is 6.16 Å². The van der Waals surface area contributed by atoms with E-state index in [0.29, 0.717) is 6.42 Å². The third kappa shape index (κ3) is 4.92. The van der Waals surface area contributed by atoms with E-state index in [9.17, 15) is 8.96 Å². The Morgan fingerprint density at radius 1 is 1.08 bits per heavy atom. The molecule has 0 saturated carbocycles. The van der Waals surface area contributed by atoms with E-state index >= 15 is 0 Å². The normalized spacial score (nSPS) is 11.9. The first-order valence-electron chi connectivity index (χ1n) is 4.81. The first-order chi connectivity index (χ1) is 5.68. The van der Waals surface area contributed by atoms with Gasteiger partial charge in [0.1, 0.15) is 0 Å². The zero-order chi connectivity index (χ0) is 9.45. The summed E-state index contributed by atoms with van der Waals surface area (Å²) in [5, 5.41) is 0. The molecule has 74 valence electrons. The first-order valence-corrected chi connectivity index (χ1v) is 7.08. The summed E-state index contributed by atoms with van der Waals surface area (Å²) in [6.45, 7) is 3.74. The molecule has 1 nitrogen and oxygen atoms in total. The SMILES string of the molecule is CCP(=O)(CC)CCCCCF. The molecule has 0 amide bonds. The number of hydrogen-bond acceptors (Lipinski definition) is 1. The van der Waals surface area contributed by atoms with Gasteiger partial charge in [0.15, 0.2) is 0 Å². The molecule has 0 aromatic heterocycles. The van der Waals surface area contributed by atoms with E-state index in [4.69, 9.17) is 0 Å². The Balaban J connectivity index is 3.52. The van der Waals surface area contributed by atoms with Crippen molar-refractivity contribution in [1.29, 1.82) is 0 Å². The van der Waals surface area contributed by atoms with Crippen molar-refractivity contribution in [2.24, 2.45) is 0 Å². The van der Waals surface area contributed by atoms with Crippen LogP contribution in [0.1, 0.15) is 33.1 Å². The second kappa shape index (κ2) is 6.65. The minimum Gasteiger partial charge on any atom is -0.324 e. The van der Waals surface area contributed by atoms with Crippen molar-refractivity contribution in [3.05, 3.63) is 0 Å². The van der Waals surface area contributed by atoms with Crippen LogP contribution in [0.4, 0.5) is 4.39 Å². The quantitative estimate of drug-likeness (QED) is 0.447. The largest absolute Gasteiger partial charge is 0.324 e. The van der Waals surface area contributed by atoms with Crippen molar-refractivity contribution in [3.8, 4) is 0 Å². The van der Waals surface area contributed by atoms with Crippen LogP contribution >= 0.6 is 7.14 Å². The van der Waals surface area contributed by atoms with Crippen molar-refractivity contribution in [2.45, 2.75) is 33.1 Å². The molecule has 0 heterocycles. The Kier molecular flexibility index (Phi) is 6.74. The molecular formula is C9H20FOP. The van der Waals surface area contributed by atoms with E-state index in [0.717, 1.165) is 31.3 Å². The first kappa shape index (κ1) is 12.2. The smallest absolute Gasteiger partial charge is 0.0894 e. The predicted molar refractivity (Wildman–Crippen MR) is 53.4 cm³/mol. The fourth-order valence-electron chi connectivity index (χ4n) is 1.21. The molecule has 0 saturated heterocycles. The van der Waals surface area contributed by atoms with Crippen LogP contribution < -0.4 is 0 Å². The number of rotatable bonds is 7. The predicted octanol–water partition coefficient (Wildman–Crippen LogP) is 3.53. The van der Waals surface area contributed by atoms with E-state index < -0.39 is 7.14 Å². The van der Waals surface area contributed by atoms with Gasteiger partial charge in [-0.2, -0.15) is 0 Å². The molecule has 0 rings (SSSR count). The van der Waals surface area contributed by atoms with Gasteiger partial charge in [-0.1, -0.05) is 20.3 Å². The van der Waals surface area contributed by atoms with Crippen molar-refractivity contribution in [3.63, 3.8) is 0 Å². The van der Waals surface area contributed by atoms with Gasteiger partial charge < -0.3 is 4.57 Å². The van der Waals surface area contributed by atoms with Gasteiger partial charge in [0.2, 0.25) is 0 Å². The highest BCUT2D eigenvalue weighted by atomic mass is 31.2. The van der Waals surface area contributed by atoms with Crippen molar-refractivity contribution in [2.75, 3.05) is 25.2 Å². The van der Waals surface area contributed by atoms with E-state index in [1.165, 1.54) is 0 Å². The fraction of sp³-hybridized carbons (Fsp3) is 1.00. The minimum atomic E-state index is -1.84. The molecule has 3 heteroatoms. The lowest BCUT2D eigenvalue weighted by Gasteiger charge is -2.12. The Morgan fingerprint density at radius 3 is 2.08 bits per heavy atom. The molecule has 0 aliphatic rings. The minimum absolute atomic E-state index is 0.234. The molecule has 0 atom stereocenters. The fourth-order valence-corrected chi connectivity index (χ4v) is 3.09. The van der Waals surface area contributed by atoms with Gasteiger partial charge in [-0.25, -0.2) is 0 Å². The molecule has 0 aliphatic heterocycles. The molecule has 0 aromatic rings. The lowest BCUT2D eigenvalue weighted by atomic mass is 10.3. The molecule has 0 N–H and O–H groups in total. The van der Waals surface area contributed by atoms with Gasteiger partial charge in [-0.3, -0.25) is 4.39 Å². The summed E-state index contributed by atoms with van der Waals surface area (Å²) in [5.74, 6) is 0. The van der Waals surface area contributed by atoms with Gasteiger partial charge in [0.05, 0.1) is 13.8 Å². The van der Waals surface area contributed by atoms with Crippen molar-refractivity contribution < 1.29 is 8.96 Å². The van der Waals surface area contributed by atoms with E-state index in [-0.39, 0.29) is 6.67 Å². The van der Waals surface area contributed by atoms with Crippen molar-refractivity contribution >= 4 is 7.14 Å². The Labute approximate surface area is 75.1 Å². The molecule has 0 radical (unpaired) electrons. The highest BCUT2D eigenvalue weighted by Gasteiger charge is 2.15. The zero-order valence-corrected chi connectivity index (χ0v) is 9.08. The molecular weight excluding hydrogens is 174 g/mol. The van der Waals surface area contributed by atoms with E-state index in [1.54, 1.807) is 0 Å². The maximum Gasteiger partial charge on any atom is 0.0894 e. The van der Waals surface area contributed by atoms with Crippen LogP contribution in [0.3, 0.4) is 0 Å². The summed E-state index contributed by atoms with van der Waals surface area (Å²) in [7, 11) is -1.84. The van der Waals surface area contributed by atoms with Gasteiger partial charge in [-0.05, 0) is 25.2 Å². The summed E-state index contributed by atoms with van der Waals surface area (Å²) in [6, 6.07) is 0. The number of unbranched alkanes of at least 4 members (excludes halogenated alkanes) is 2. The molecule has 0 bridgehead atoms. The van der Waals surface area contributed by atoms with Gasteiger partial charge in [-0.15, -0.1) is 0 Å². The van der Waals surface area contributed by atoms with Gasteiger partial charge in [0.25, 0.3) is 0 Å². The highest BCUT2D eigenvalue weighted by Crippen LogP contribution is 2.45. The number of hydrogen-bond donors (Lipinski definition) is 0. The third-order valence-corrected chi connectivity index (χ3v) is 5.79. The van der Waals surface area contributed by atoms with Gasteiger partial charge >= 0.3 is 0 Å². The second-order valence-electron chi connectivity index (χ2n) is 3.16. The van der Waals surface area contributed by atoms with E-state index in [1.807, 2.05) is 13.8 Å². The van der Waals surface area contributed by atoms with Crippen LogP contribution in [0.25, 0.3) is 0 Å². The summed E-state index contributed by atoms with van der Waals surface area (Å²) < 4.78 is 23.5. The Morgan fingerprint density at radius 2 is 1.67 bits per heavy atom. The van der Waals surface area contributed by atoms with Crippen LogP contribution in [0.2, 0.25) is 0 Å². The Bertz CT molecular complexity index is 139.